The molecule has 0 aliphatic rings. The van der Waals surface area contributed by atoms with E-state index in [1.807, 2.05) is 0 Å². The molecule has 0 unspecified atom stereocenters. The van der Waals surface area contributed by atoms with E-state index in [0.29, 0.717) is 0 Å². The predicted molar refractivity (Wildman–Crippen MR) is 33.9 cm³/mol. The zero-order valence-electron chi connectivity index (χ0n) is 6.48. The molecule has 0 amide bonds. The second-order valence-corrected chi connectivity index (χ2v) is 3.06. The maximum Gasteiger partial charge on any atom is 0.231 e. The first-order valence-electron chi connectivity index (χ1n) is 1.33. The Morgan fingerprint density at radius 2 is 0.933 bits per heavy atom. The molecule has 0 saturated carbocycles. The number of hydrogen-bond acceptors (Lipinski definition) is 8. The third-order valence-electron chi connectivity index (χ3n) is 0.167. The van der Waals surface area contributed by atoms with Gasteiger partial charge in [0, 0.05) is 18.6 Å². The zero-order chi connectivity index (χ0) is 7.71. The molecule has 0 heterocycles. The summed E-state index contributed by atoms with van der Waals surface area (Å²) in [4.78, 5) is 0. The van der Waals surface area contributed by atoms with Crippen molar-refractivity contribution in [2.75, 3.05) is 0 Å². The van der Waals surface area contributed by atoms with Crippen molar-refractivity contribution in [3.8, 4) is 0 Å². The number of hydrogen-bond donors (Lipinski definition) is 0. The zero-order valence-corrected chi connectivity index (χ0v) is 9.51. The SMILES string of the molecule is O.O.O.O=S(=O)([O-])OS(=O)(=O)[O-].[O-2].[OH-].[V]. The van der Waals surface area contributed by atoms with Gasteiger partial charge in [0.1, 0.15) is 0 Å². The van der Waals surface area contributed by atoms with E-state index >= 15 is 0 Å². The minimum absolute atomic E-state index is 0. The van der Waals surface area contributed by atoms with Crippen molar-refractivity contribution < 1.29 is 75.5 Å². The van der Waals surface area contributed by atoms with Crippen LogP contribution in [0.25, 0.3) is 0 Å². The topological polar surface area (TPSA) is 277 Å². The van der Waals surface area contributed by atoms with Crippen LogP contribution in [-0.4, -0.2) is 47.8 Å². The smallest absolute Gasteiger partial charge is 0.231 e. The summed E-state index contributed by atoms with van der Waals surface area (Å²) in [5, 5.41) is 0. The molecule has 101 valence electrons. The molecule has 0 fully saturated rings. The normalized spacial score (nSPS) is 8.13. The van der Waals surface area contributed by atoms with E-state index in [2.05, 4.69) is 3.63 Å². The third kappa shape index (κ3) is 55.2. The van der Waals surface area contributed by atoms with Gasteiger partial charge in [-0.3, -0.25) is 0 Å². The van der Waals surface area contributed by atoms with Crippen molar-refractivity contribution in [2.45, 2.75) is 0 Å². The van der Waals surface area contributed by atoms with Crippen LogP contribution < -0.4 is 0 Å². The Bertz CT molecular complexity index is 239. The Morgan fingerprint density at radius 3 is 0.933 bits per heavy atom. The molecule has 1 radical (unpaired) electrons. The molecule has 0 aliphatic carbocycles. The molecular formula is H7O12S2V-5. The summed E-state index contributed by atoms with van der Waals surface area (Å²) in [5.74, 6) is 0. The maximum atomic E-state index is 9.29. The minimum Gasteiger partial charge on any atom is -2.00 e. The van der Waals surface area contributed by atoms with E-state index in [9.17, 15) is 25.9 Å². The molecule has 12 nitrogen and oxygen atoms in total. The summed E-state index contributed by atoms with van der Waals surface area (Å²) in [6.45, 7) is 0. The van der Waals surface area contributed by atoms with Gasteiger partial charge in [-0.2, -0.15) is 3.63 Å². The Labute approximate surface area is 96.6 Å². The van der Waals surface area contributed by atoms with Crippen LogP contribution in [0, 0.1) is 0 Å². The van der Waals surface area contributed by atoms with Gasteiger partial charge in [-0.1, -0.05) is 0 Å². The average molecular weight is 314 g/mol. The molecule has 0 saturated heterocycles. The van der Waals surface area contributed by atoms with Crippen molar-refractivity contribution in [1.82, 2.24) is 0 Å². The van der Waals surface area contributed by atoms with Crippen molar-refractivity contribution in [3.05, 3.63) is 0 Å². The van der Waals surface area contributed by atoms with Gasteiger partial charge < -0.3 is 36.5 Å². The molecule has 0 rings (SSSR count). The van der Waals surface area contributed by atoms with E-state index in [1.165, 1.54) is 0 Å². The predicted octanol–water partition coefficient (Wildman–Crippen LogP) is -4.85. The van der Waals surface area contributed by atoms with Crippen LogP contribution in [0.3, 0.4) is 0 Å². The molecule has 0 aliphatic heterocycles. The van der Waals surface area contributed by atoms with Crippen molar-refractivity contribution in [3.63, 3.8) is 0 Å². The van der Waals surface area contributed by atoms with Gasteiger partial charge in [0.2, 0.25) is 20.8 Å². The molecule has 0 bridgehead atoms. The van der Waals surface area contributed by atoms with E-state index in [1.54, 1.807) is 0 Å². The largest absolute Gasteiger partial charge is 2.00 e. The Hall–Kier alpha value is 0.164. The second-order valence-electron chi connectivity index (χ2n) is 0.885. The maximum absolute atomic E-state index is 9.29. The summed E-state index contributed by atoms with van der Waals surface area (Å²) in [5.41, 5.74) is 0. The fourth-order valence-corrected chi connectivity index (χ4v) is 0.919. The first-order valence-corrected chi connectivity index (χ1v) is 4.00. The van der Waals surface area contributed by atoms with Gasteiger partial charge in [0.25, 0.3) is 0 Å². The summed E-state index contributed by atoms with van der Waals surface area (Å²) in [6.07, 6.45) is 0. The molecule has 15 heteroatoms. The fourth-order valence-electron chi connectivity index (χ4n) is 0.102. The summed E-state index contributed by atoms with van der Waals surface area (Å²) < 4.78 is 58.2. The van der Waals surface area contributed by atoms with Crippen LogP contribution in [0.5, 0.6) is 0 Å². The average Bonchev–Trinajstić information content (AvgIpc) is 1.14. The van der Waals surface area contributed by atoms with E-state index in [4.69, 9.17) is 0 Å². The van der Waals surface area contributed by atoms with Crippen LogP contribution >= 0.6 is 0 Å². The van der Waals surface area contributed by atoms with Gasteiger partial charge in [0.05, 0.1) is 0 Å². The Balaban J connectivity index is -0.0000000213. The molecule has 0 aromatic carbocycles. The van der Waals surface area contributed by atoms with Crippen molar-refractivity contribution in [2.24, 2.45) is 0 Å². The molecule has 7 N–H and O–H groups in total. The van der Waals surface area contributed by atoms with Gasteiger partial charge in [-0.05, 0) is 0 Å². The van der Waals surface area contributed by atoms with Crippen LogP contribution in [0.1, 0.15) is 0 Å². The molecule has 0 aromatic rings. The van der Waals surface area contributed by atoms with Crippen molar-refractivity contribution >= 4 is 20.8 Å². The molecular weight excluding hydrogens is 307 g/mol. The summed E-state index contributed by atoms with van der Waals surface area (Å²) in [7, 11) is -10.9. The molecule has 0 aromatic heterocycles. The van der Waals surface area contributed by atoms with Crippen LogP contribution in [0.15, 0.2) is 0 Å². The van der Waals surface area contributed by atoms with E-state index in [-0.39, 0.29) is 45.9 Å². The van der Waals surface area contributed by atoms with Gasteiger partial charge in [-0.25, -0.2) is 16.8 Å². The van der Waals surface area contributed by atoms with Crippen LogP contribution in [-0.2, 0) is 48.5 Å². The molecule has 0 spiro atoms. The Kier molecular flexibility index (Phi) is 43.1. The minimum atomic E-state index is -5.43. The molecule has 15 heavy (non-hydrogen) atoms. The first kappa shape index (κ1) is 45.6. The molecule has 0 atom stereocenters. The fraction of sp³-hybridized carbons (Fsp3) is 0. The standard InChI is InChI=1S/H2O7S2.4H2O.O.V/c1-8(2,3)7-9(4,5)6;;;;;;/h(H,1,2,3)(H,4,5,6);4*1H2;;/q;;;;;-2;/p-3. The van der Waals surface area contributed by atoms with Gasteiger partial charge in [-0.15, -0.1) is 0 Å². The first-order chi connectivity index (χ1) is 3.71. The quantitative estimate of drug-likeness (QED) is 0.350. The third-order valence-corrected chi connectivity index (χ3v) is 1.50. The summed E-state index contributed by atoms with van der Waals surface area (Å²) in [6, 6.07) is 0. The monoisotopic (exact) mass is 314 g/mol. The van der Waals surface area contributed by atoms with Gasteiger partial charge >= 0.3 is 0 Å². The van der Waals surface area contributed by atoms with E-state index in [0.717, 1.165) is 0 Å². The second kappa shape index (κ2) is 14.2. The van der Waals surface area contributed by atoms with E-state index < -0.39 is 20.8 Å². The number of rotatable bonds is 2. The van der Waals surface area contributed by atoms with Crippen LogP contribution in [0.2, 0.25) is 0 Å². The summed E-state index contributed by atoms with van der Waals surface area (Å²) >= 11 is 0. The van der Waals surface area contributed by atoms with Gasteiger partial charge in [0.15, 0.2) is 0 Å². The Morgan fingerprint density at radius 1 is 0.800 bits per heavy atom. The van der Waals surface area contributed by atoms with Crippen molar-refractivity contribution in [1.29, 1.82) is 0 Å². The van der Waals surface area contributed by atoms with Crippen LogP contribution in [0.4, 0.5) is 0 Å².